The molecule has 0 saturated carbocycles. The third kappa shape index (κ3) is 6.94. The van der Waals surface area contributed by atoms with Gasteiger partial charge in [0.1, 0.15) is 12.4 Å². The lowest BCUT2D eigenvalue weighted by molar-refractivity contribution is -0.119. The normalized spacial score (nSPS) is 11.7. The summed E-state index contributed by atoms with van der Waals surface area (Å²) in [6.07, 6.45) is 0.163. The number of halogens is 1. The summed E-state index contributed by atoms with van der Waals surface area (Å²) in [6, 6.07) is 16.7. The Morgan fingerprint density at radius 3 is 2.54 bits per heavy atom. The van der Waals surface area contributed by atoms with Crippen molar-refractivity contribution in [2.24, 2.45) is 0 Å². The van der Waals surface area contributed by atoms with Crippen LogP contribution in [0.2, 0.25) is 5.02 Å². The summed E-state index contributed by atoms with van der Waals surface area (Å²) in [7, 11) is 0. The van der Waals surface area contributed by atoms with Crippen molar-refractivity contribution in [2.45, 2.75) is 19.4 Å². The highest BCUT2D eigenvalue weighted by molar-refractivity contribution is 6.30. The minimum Gasteiger partial charge on any atom is -0.492 e. The summed E-state index contributed by atoms with van der Waals surface area (Å²) in [6.45, 7) is 3.29. The molecule has 26 heavy (non-hydrogen) atoms. The molecule has 1 unspecified atom stereocenters. The molecule has 0 fully saturated rings. The maximum Gasteiger partial charge on any atom is 0.239 e. The molecule has 0 aliphatic rings. The van der Waals surface area contributed by atoms with E-state index in [0.29, 0.717) is 36.9 Å². The van der Waals surface area contributed by atoms with E-state index in [1.807, 2.05) is 42.2 Å². The second kappa shape index (κ2) is 10.7. The number of rotatable bonds is 10. The van der Waals surface area contributed by atoms with E-state index < -0.39 is 6.10 Å². The maximum atomic E-state index is 12.2. The predicted molar refractivity (Wildman–Crippen MR) is 105 cm³/mol. The van der Waals surface area contributed by atoms with Crippen LogP contribution in [0.15, 0.2) is 54.6 Å². The van der Waals surface area contributed by atoms with E-state index in [-0.39, 0.29) is 12.5 Å². The van der Waals surface area contributed by atoms with Crippen LogP contribution in [0.25, 0.3) is 0 Å². The Bertz CT molecular complexity index is 665. The standard InChI is InChI=1S/C20H25ClN2O3/c1-2-18(24)14-23(17-6-4-3-5-7-17)15-20(25)22-12-13-26-19-10-8-16(21)9-11-19/h3-11,18,24H,2,12-15H2,1H3,(H,22,25). The Morgan fingerprint density at radius 1 is 1.19 bits per heavy atom. The van der Waals surface area contributed by atoms with Crippen LogP contribution in [0.3, 0.4) is 0 Å². The van der Waals surface area contributed by atoms with Gasteiger partial charge in [-0.2, -0.15) is 0 Å². The largest absolute Gasteiger partial charge is 0.492 e. The Balaban J connectivity index is 1.79. The van der Waals surface area contributed by atoms with Gasteiger partial charge in [0.25, 0.3) is 0 Å². The maximum absolute atomic E-state index is 12.2. The number of benzene rings is 2. The second-order valence-electron chi connectivity index (χ2n) is 5.93. The number of carbonyl (C=O) groups is 1. The summed E-state index contributed by atoms with van der Waals surface area (Å²) >= 11 is 5.82. The van der Waals surface area contributed by atoms with E-state index >= 15 is 0 Å². The molecule has 2 rings (SSSR count). The molecule has 5 nitrogen and oxygen atoms in total. The molecule has 0 heterocycles. The van der Waals surface area contributed by atoms with Crippen molar-refractivity contribution >= 4 is 23.2 Å². The summed E-state index contributed by atoms with van der Waals surface area (Å²) in [5, 5.41) is 13.5. The number of amides is 1. The van der Waals surface area contributed by atoms with Crippen LogP contribution < -0.4 is 15.0 Å². The van der Waals surface area contributed by atoms with Crippen LogP contribution in [0.1, 0.15) is 13.3 Å². The summed E-state index contributed by atoms with van der Waals surface area (Å²) in [5.41, 5.74) is 0.910. The van der Waals surface area contributed by atoms with Gasteiger partial charge in [-0.15, -0.1) is 0 Å². The van der Waals surface area contributed by atoms with Crippen LogP contribution >= 0.6 is 11.6 Å². The van der Waals surface area contributed by atoms with E-state index in [0.717, 1.165) is 5.69 Å². The number of aliphatic hydroxyl groups is 1. The van der Waals surface area contributed by atoms with Gasteiger partial charge in [0.05, 0.1) is 19.2 Å². The molecule has 0 aliphatic carbocycles. The molecule has 0 aromatic heterocycles. The van der Waals surface area contributed by atoms with E-state index in [4.69, 9.17) is 16.3 Å². The molecule has 2 aromatic rings. The lowest BCUT2D eigenvalue weighted by Crippen LogP contribution is -2.42. The van der Waals surface area contributed by atoms with Crippen molar-refractivity contribution in [3.63, 3.8) is 0 Å². The molecule has 1 amide bonds. The van der Waals surface area contributed by atoms with Crippen LogP contribution in [0.5, 0.6) is 5.75 Å². The van der Waals surface area contributed by atoms with E-state index in [9.17, 15) is 9.90 Å². The number of carbonyl (C=O) groups excluding carboxylic acids is 1. The monoisotopic (exact) mass is 376 g/mol. The molecule has 2 aromatic carbocycles. The van der Waals surface area contributed by atoms with Crippen molar-refractivity contribution in [1.82, 2.24) is 5.32 Å². The molecular formula is C20H25ClN2O3. The molecule has 140 valence electrons. The highest BCUT2D eigenvalue weighted by atomic mass is 35.5. The molecule has 0 saturated heterocycles. The van der Waals surface area contributed by atoms with Gasteiger partial charge >= 0.3 is 0 Å². The SMILES string of the molecule is CCC(O)CN(CC(=O)NCCOc1ccc(Cl)cc1)c1ccccc1. The summed E-state index contributed by atoms with van der Waals surface area (Å²) in [4.78, 5) is 14.1. The van der Waals surface area contributed by atoms with Crippen molar-refractivity contribution in [3.8, 4) is 5.75 Å². The average Bonchev–Trinajstić information content (AvgIpc) is 2.66. The molecule has 0 radical (unpaired) electrons. The second-order valence-corrected chi connectivity index (χ2v) is 6.37. The van der Waals surface area contributed by atoms with Crippen molar-refractivity contribution in [1.29, 1.82) is 0 Å². The number of para-hydroxylation sites is 1. The molecule has 0 bridgehead atoms. The van der Waals surface area contributed by atoms with Gasteiger partial charge < -0.3 is 20.1 Å². The molecular weight excluding hydrogens is 352 g/mol. The number of aliphatic hydroxyl groups excluding tert-OH is 1. The number of nitrogens with one attached hydrogen (secondary N) is 1. The quantitative estimate of drug-likeness (QED) is 0.625. The smallest absolute Gasteiger partial charge is 0.239 e. The molecule has 2 N–H and O–H groups in total. The number of hydrogen-bond acceptors (Lipinski definition) is 4. The summed E-state index contributed by atoms with van der Waals surface area (Å²) < 4.78 is 5.56. The zero-order valence-electron chi connectivity index (χ0n) is 14.9. The van der Waals surface area contributed by atoms with Crippen LogP contribution in [-0.2, 0) is 4.79 Å². The first kappa shape index (κ1) is 20.1. The molecule has 0 aliphatic heterocycles. The number of hydrogen-bond donors (Lipinski definition) is 2. The van der Waals surface area contributed by atoms with Crippen molar-refractivity contribution in [2.75, 3.05) is 31.1 Å². The minimum absolute atomic E-state index is 0.114. The third-order valence-electron chi connectivity index (χ3n) is 3.86. The fourth-order valence-corrected chi connectivity index (χ4v) is 2.53. The summed E-state index contributed by atoms with van der Waals surface area (Å²) in [5.74, 6) is 0.595. The topological polar surface area (TPSA) is 61.8 Å². The van der Waals surface area contributed by atoms with Gasteiger partial charge in [-0.1, -0.05) is 36.7 Å². The number of anilines is 1. The van der Waals surface area contributed by atoms with E-state index in [2.05, 4.69) is 5.32 Å². The molecule has 1 atom stereocenters. The van der Waals surface area contributed by atoms with Crippen LogP contribution in [-0.4, -0.2) is 43.4 Å². The van der Waals surface area contributed by atoms with Crippen molar-refractivity contribution in [3.05, 3.63) is 59.6 Å². The van der Waals surface area contributed by atoms with E-state index in [1.165, 1.54) is 0 Å². The Labute approximate surface area is 159 Å². The van der Waals surface area contributed by atoms with Gasteiger partial charge in [0.2, 0.25) is 5.91 Å². The number of nitrogens with zero attached hydrogens (tertiary/aromatic N) is 1. The first-order valence-electron chi connectivity index (χ1n) is 8.71. The van der Waals surface area contributed by atoms with Gasteiger partial charge in [-0.05, 0) is 42.8 Å². The number of ether oxygens (including phenoxy) is 1. The first-order chi connectivity index (χ1) is 12.6. The van der Waals surface area contributed by atoms with Crippen LogP contribution in [0.4, 0.5) is 5.69 Å². The third-order valence-corrected chi connectivity index (χ3v) is 4.12. The van der Waals surface area contributed by atoms with Gasteiger partial charge in [0.15, 0.2) is 0 Å². The lowest BCUT2D eigenvalue weighted by atomic mass is 10.2. The average molecular weight is 377 g/mol. The highest BCUT2D eigenvalue weighted by Gasteiger charge is 2.14. The van der Waals surface area contributed by atoms with Crippen LogP contribution in [0, 0.1) is 0 Å². The first-order valence-corrected chi connectivity index (χ1v) is 9.09. The van der Waals surface area contributed by atoms with Crippen molar-refractivity contribution < 1.29 is 14.6 Å². The van der Waals surface area contributed by atoms with Gasteiger partial charge in [-0.3, -0.25) is 4.79 Å². The van der Waals surface area contributed by atoms with E-state index in [1.54, 1.807) is 24.3 Å². The minimum atomic E-state index is -0.476. The fraction of sp³-hybridized carbons (Fsp3) is 0.350. The highest BCUT2D eigenvalue weighted by Crippen LogP contribution is 2.15. The van der Waals surface area contributed by atoms with Gasteiger partial charge in [0, 0.05) is 17.3 Å². The fourth-order valence-electron chi connectivity index (χ4n) is 2.40. The Hall–Kier alpha value is -2.24. The zero-order valence-corrected chi connectivity index (χ0v) is 15.7. The lowest BCUT2D eigenvalue weighted by Gasteiger charge is -2.26. The zero-order chi connectivity index (χ0) is 18.8. The van der Waals surface area contributed by atoms with Gasteiger partial charge in [-0.25, -0.2) is 0 Å². The molecule has 0 spiro atoms. The Kier molecular flexibility index (Phi) is 8.25. The predicted octanol–water partition coefficient (Wildman–Crippen LogP) is 3.11. The molecule has 6 heteroatoms. The Morgan fingerprint density at radius 2 is 1.88 bits per heavy atom.